The zero-order valence-corrected chi connectivity index (χ0v) is 25.0. The van der Waals surface area contributed by atoms with Gasteiger partial charge in [0.1, 0.15) is 18.1 Å². The summed E-state index contributed by atoms with van der Waals surface area (Å²) in [5, 5.41) is 34.6. The maximum absolute atomic E-state index is 13.2. The van der Waals surface area contributed by atoms with E-state index in [0.717, 1.165) is 16.5 Å². The van der Waals surface area contributed by atoms with Crippen LogP contribution in [0.1, 0.15) is 63.9 Å². The monoisotopic (exact) mass is 626 g/mol. The molecule has 11 heteroatoms. The van der Waals surface area contributed by atoms with Crippen LogP contribution in [0.4, 0.5) is 5.69 Å². The Hall–Kier alpha value is -5.45. The highest BCUT2D eigenvalue weighted by Crippen LogP contribution is 2.30. The fraction of sp³-hybridized carbons (Fsp3) is 0.286. The Labute approximate surface area is 264 Å². The van der Waals surface area contributed by atoms with E-state index in [9.17, 15) is 34.7 Å². The van der Waals surface area contributed by atoms with Gasteiger partial charge in [0.25, 0.3) is 11.6 Å². The summed E-state index contributed by atoms with van der Waals surface area (Å²) >= 11 is 0. The molecule has 0 aromatic heterocycles. The van der Waals surface area contributed by atoms with E-state index in [-0.39, 0.29) is 46.7 Å². The normalized spacial score (nSPS) is 16.0. The zero-order valence-electron chi connectivity index (χ0n) is 25.0. The maximum Gasteiger partial charge on any atom is 0.335 e. The minimum Gasteiger partial charge on any atom is -0.493 e. The smallest absolute Gasteiger partial charge is 0.335 e. The van der Waals surface area contributed by atoms with Gasteiger partial charge in [-0.3, -0.25) is 19.7 Å². The van der Waals surface area contributed by atoms with Gasteiger partial charge < -0.3 is 25.0 Å². The molecule has 11 nitrogen and oxygen atoms in total. The van der Waals surface area contributed by atoms with Crippen molar-refractivity contribution < 1.29 is 39.0 Å². The third-order valence-corrected chi connectivity index (χ3v) is 8.18. The van der Waals surface area contributed by atoms with Gasteiger partial charge in [0.15, 0.2) is 0 Å². The number of carboxylic acids is 2. The van der Waals surface area contributed by atoms with Crippen molar-refractivity contribution in [1.29, 1.82) is 0 Å². The molecule has 5 rings (SSSR count). The molecule has 1 saturated carbocycles. The van der Waals surface area contributed by atoms with Crippen molar-refractivity contribution in [2.45, 2.75) is 51.2 Å². The minimum absolute atomic E-state index is 0.0398. The van der Waals surface area contributed by atoms with E-state index < -0.39 is 23.8 Å². The third-order valence-electron chi connectivity index (χ3n) is 8.18. The number of amides is 1. The highest BCUT2D eigenvalue weighted by Gasteiger charge is 2.29. The van der Waals surface area contributed by atoms with Crippen LogP contribution in [-0.2, 0) is 17.8 Å². The Bertz CT molecular complexity index is 1750. The number of nitro groups is 1. The predicted molar refractivity (Wildman–Crippen MR) is 169 cm³/mol. The number of fused-ring (bicyclic) bond motifs is 1. The lowest BCUT2D eigenvalue weighted by molar-refractivity contribution is -0.383. The van der Waals surface area contributed by atoms with Crippen LogP contribution in [0.3, 0.4) is 0 Å². The molecule has 0 saturated heterocycles. The Morgan fingerprint density at radius 1 is 0.935 bits per heavy atom. The van der Waals surface area contributed by atoms with E-state index in [1.165, 1.54) is 24.3 Å². The predicted octanol–water partition coefficient (Wildman–Crippen LogP) is 6.41. The van der Waals surface area contributed by atoms with Gasteiger partial charge in [-0.2, -0.15) is 0 Å². The highest BCUT2D eigenvalue weighted by molar-refractivity contribution is 6.00. The first kappa shape index (κ1) is 32.0. The number of carbonyl (C=O) groups is 3. The topological polar surface area (TPSA) is 165 Å². The van der Waals surface area contributed by atoms with Gasteiger partial charge in [0, 0.05) is 17.7 Å². The van der Waals surface area contributed by atoms with Gasteiger partial charge in [-0.15, -0.1) is 0 Å². The van der Waals surface area contributed by atoms with E-state index in [0.29, 0.717) is 49.7 Å². The van der Waals surface area contributed by atoms with Crippen molar-refractivity contribution in [1.82, 2.24) is 5.32 Å². The fourth-order valence-corrected chi connectivity index (χ4v) is 5.82. The van der Waals surface area contributed by atoms with Gasteiger partial charge in [0.05, 0.1) is 34.0 Å². The number of aliphatic carboxylic acids is 1. The quantitative estimate of drug-likeness (QED) is 0.0863. The SMILES string of the molecule is O=C(O)c1ccc(OCCCc2ccc(OCc3cccc4cccc([N+](=O)[O-])c34)cc2)c(C(=O)NC2CCCC(C(=O)O)C2)c1. The summed E-state index contributed by atoms with van der Waals surface area (Å²) in [6, 6.07) is 21.8. The first-order valence-electron chi connectivity index (χ1n) is 15.1. The number of hydrogen-bond acceptors (Lipinski definition) is 7. The summed E-state index contributed by atoms with van der Waals surface area (Å²) in [6.45, 7) is 0.447. The third kappa shape index (κ3) is 7.79. The second-order valence-electron chi connectivity index (χ2n) is 11.3. The number of hydrogen-bond donors (Lipinski definition) is 3. The molecule has 0 bridgehead atoms. The number of benzene rings is 4. The largest absolute Gasteiger partial charge is 0.493 e. The van der Waals surface area contributed by atoms with Crippen LogP contribution in [0.25, 0.3) is 10.8 Å². The summed E-state index contributed by atoms with van der Waals surface area (Å²) in [5.74, 6) is -2.19. The van der Waals surface area contributed by atoms with Gasteiger partial charge in [0.2, 0.25) is 0 Å². The van der Waals surface area contributed by atoms with E-state index in [4.69, 9.17) is 9.47 Å². The molecule has 0 radical (unpaired) electrons. The molecule has 238 valence electrons. The summed E-state index contributed by atoms with van der Waals surface area (Å²) < 4.78 is 11.9. The Morgan fingerprint density at radius 2 is 1.70 bits per heavy atom. The zero-order chi connectivity index (χ0) is 32.6. The first-order chi connectivity index (χ1) is 22.2. The van der Waals surface area contributed by atoms with Gasteiger partial charge in [-0.05, 0) is 73.4 Å². The minimum atomic E-state index is -1.17. The van der Waals surface area contributed by atoms with E-state index >= 15 is 0 Å². The molecule has 3 N–H and O–H groups in total. The maximum atomic E-state index is 13.2. The van der Waals surface area contributed by atoms with Crippen LogP contribution in [0.5, 0.6) is 11.5 Å². The molecule has 0 spiro atoms. The van der Waals surface area contributed by atoms with Crippen molar-refractivity contribution in [3.05, 3.63) is 111 Å². The molecule has 0 heterocycles. The van der Waals surface area contributed by atoms with Crippen molar-refractivity contribution >= 4 is 34.3 Å². The lowest BCUT2D eigenvalue weighted by atomic mass is 9.85. The molecule has 4 aromatic carbocycles. The van der Waals surface area contributed by atoms with Crippen molar-refractivity contribution in [3.8, 4) is 11.5 Å². The molecule has 46 heavy (non-hydrogen) atoms. The Balaban J connectivity index is 1.16. The number of aryl methyl sites for hydroxylation is 1. The van der Waals surface area contributed by atoms with Crippen LogP contribution in [0.2, 0.25) is 0 Å². The van der Waals surface area contributed by atoms with E-state index in [1.54, 1.807) is 6.07 Å². The van der Waals surface area contributed by atoms with Gasteiger partial charge >= 0.3 is 11.9 Å². The molecule has 0 aliphatic heterocycles. The summed E-state index contributed by atoms with van der Waals surface area (Å²) in [6.07, 6.45) is 3.51. The van der Waals surface area contributed by atoms with Gasteiger partial charge in [-0.1, -0.05) is 48.9 Å². The Kier molecular flexibility index (Phi) is 10.1. The average molecular weight is 627 g/mol. The number of carboxylic acid groups (broad SMARTS) is 2. The van der Waals surface area contributed by atoms with Crippen LogP contribution in [-0.4, -0.2) is 45.6 Å². The molecule has 1 fully saturated rings. The summed E-state index contributed by atoms with van der Waals surface area (Å²) in [4.78, 5) is 47.3. The van der Waals surface area contributed by atoms with Crippen molar-refractivity contribution in [2.24, 2.45) is 5.92 Å². The lowest BCUT2D eigenvalue weighted by Crippen LogP contribution is -2.40. The molecular formula is C35H34N2O9. The molecule has 1 aliphatic carbocycles. The molecule has 2 unspecified atom stereocenters. The molecule has 1 amide bonds. The first-order valence-corrected chi connectivity index (χ1v) is 15.1. The molecule has 2 atom stereocenters. The molecular weight excluding hydrogens is 592 g/mol. The highest BCUT2D eigenvalue weighted by atomic mass is 16.6. The lowest BCUT2D eigenvalue weighted by Gasteiger charge is -2.27. The molecule has 1 aliphatic rings. The van der Waals surface area contributed by atoms with Crippen LogP contribution in [0, 0.1) is 16.0 Å². The molecule has 4 aromatic rings. The summed E-state index contributed by atoms with van der Waals surface area (Å²) in [7, 11) is 0. The van der Waals surface area contributed by atoms with Crippen LogP contribution < -0.4 is 14.8 Å². The second kappa shape index (κ2) is 14.6. The van der Waals surface area contributed by atoms with E-state index in [1.807, 2.05) is 48.5 Å². The van der Waals surface area contributed by atoms with Crippen LogP contribution in [0.15, 0.2) is 78.9 Å². The summed E-state index contributed by atoms with van der Waals surface area (Å²) in [5.41, 5.74) is 1.83. The fourth-order valence-electron chi connectivity index (χ4n) is 5.82. The van der Waals surface area contributed by atoms with Crippen molar-refractivity contribution in [3.63, 3.8) is 0 Å². The number of nitrogens with one attached hydrogen (secondary N) is 1. The Morgan fingerprint density at radius 3 is 2.41 bits per heavy atom. The standard InChI is InChI=1S/C35H34N2O9/c38-33(36-27-10-2-8-24(19-27)34(39)40)29-20-25(35(41)42)14-17-31(29)45-18-4-5-22-12-15-28(16-13-22)46-21-26-9-1-6-23-7-3-11-30(32(23)26)37(43)44/h1,3,6-7,9,11-17,20,24,27H,2,4-5,8,10,18-19,21H2,(H,36,38)(H,39,40)(H,41,42). The number of non-ortho nitro benzene ring substituents is 1. The number of nitro benzene ring substituents is 1. The number of nitrogens with zero attached hydrogens (tertiary/aromatic N) is 1. The van der Waals surface area contributed by atoms with Crippen molar-refractivity contribution in [2.75, 3.05) is 6.61 Å². The number of ether oxygens (including phenoxy) is 2. The van der Waals surface area contributed by atoms with Crippen LogP contribution >= 0.6 is 0 Å². The van der Waals surface area contributed by atoms with E-state index in [2.05, 4.69) is 5.32 Å². The number of carbonyl (C=O) groups excluding carboxylic acids is 1. The number of rotatable bonds is 13. The average Bonchev–Trinajstić information content (AvgIpc) is 3.05. The number of aromatic carboxylic acids is 1. The second-order valence-corrected chi connectivity index (χ2v) is 11.3. The van der Waals surface area contributed by atoms with Gasteiger partial charge in [-0.25, -0.2) is 4.79 Å².